The zero-order valence-electron chi connectivity index (χ0n) is 9.18. The highest BCUT2D eigenvalue weighted by atomic mass is 35.5. The van der Waals surface area contributed by atoms with Crippen molar-refractivity contribution in [2.24, 2.45) is 5.73 Å². The van der Waals surface area contributed by atoms with E-state index in [0.29, 0.717) is 10.2 Å². The highest BCUT2D eigenvalue weighted by Crippen LogP contribution is 2.08. The number of thiazole rings is 1. The molecule has 1 heterocycles. The van der Waals surface area contributed by atoms with Crippen LogP contribution in [0.15, 0.2) is 23.1 Å². The summed E-state index contributed by atoms with van der Waals surface area (Å²) >= 11 is 6.79. The minimum absolute atomic E-state index is 0.301. The molecular formula is C8H13ClN4O2S. The van der Waals surface area contributed by atoms with Gasteiger partial charge in [0.15, 0.2) is 4.47 Å². The van der Waals surface area contributed by atoms with Crippen molar-refractivity contribution in [2.75, 3.05) is 14.1 Å². The van der Waals surface area contributed by atoms with Crippen molar-refractivity contribution in [3.8, 4) is 0 Å². The maximum atomic E-state index is 10.0. The van der Waals surface area contributed by atoms with Gasteiger partial charge in [-0.2, -0.15) is 0 Å². The highest BCUT2D eigenvalue weighted by Gasteiger charge is 2.07. The molecule has 1 aromatic heterocycles. The van der Waals surface area contributed by atoms with E-state index in [2.05, 4.69) is 4.98 Å². The molecule has 2 N–H and O–H groups in total. The summed E-state index contributed by atoms with van der Waals surface area (Å²) in [6.45, 7) is 1.60. The third kappa shape index (κ3) is 5.52. The van der Waals surface area contributed by atoms with Gasteiger partial charge in [0.25, 0.3) is 0 Å². The summed E-state index contributed by atoms with van der Waals surface area (Å²) in [7, 11) is 3.40. The van der Waals surface area contributed by atoms with Crippen molar-refractivity contribution >= 4 is 22.9 Å². The second-order valence-electron chi connectivity index (χ2n) is 2.91. The van der Waals surface area contributed by atoms with Crippen LogP contribution >= 0.6 is 22.9 Å². The van der Waals surface area contributed by atoms with Gasteiger partial charge in [-0.15, -0.1) is 11.3 Å². The number of rotatable bonds is 2. The first-order valence-electron chi connectivity index (χ1n) is 4.19. The van der Waals surface area contributed by atoms with Crippen LogP contribution in [0.3, 0.4) is 0 Å². The smallest absolute Gasteiger partial charge is 0.332 e. The topological polar surface area (TPSA) is 85.3 Å². The number of nitrogens with zero attached hydrogens (tertiary/aromatic N) is 3. The first-order valence-corrected chi connectivity index (χ1v) is 5.45. The molecule has 0 amide bonds. The van der Waals surface area contributed by atoms with Crippen LogP contribution in [0.4, 0.5) is 0 Å². The number of halogens is 1. The van der Waals surface area contributed by atoms with Gasteiger partial charge < -0.3 is 15.0 Å². The van der Waals surface area contributed by atoms with Gasteiger partial charge in [0.05, 0.1) is 0 Å². The average Bonchev–Trinajstić information content (AvgIpc) is 2.67. The van der Waals surface area contributed by atoms with Crippen molar-refractivity contribution in [1.82, 2.24) is 9.88 Å². The summed E-state index contributed by atoms with van der Waals surface area (Å²) in [6.07, 6.45) is 1.67. The Kier molecular flexibility index (Phi) is 6.43. The van der Waals surface area contributed by atoms with Crippen LogP contribution in [-0.2, 0) is 0 Å². The Morgan fingerprint density at radius 3 is 2.38 bits per heavy atom. The summed E-state index contributed by atoms with van der Waals surface area (Å²) < 4.78 is 0.606. The summed E-state index contributed by atoms with van der Waals surface area (Å²) in [5.74, 6) is -0.301. The van der Waals surface area contributed by atoms with E-state index < -0.39 is 4.92 Å². The number of nitro groups is 1. The van der Waals surface area contributed by atoms with Gasteiger partial charge in [0.2, 0.25) is 0 Å². The van der Waals surface area contributed by atoms with E-state index in [1.165, 1.54) is 11.3 Å². The Morgan fingerprint density at radius 1 is 1.69 bits per heavy atom. The zero-order chi connectivity index (χ0) is 12.7. The van der Waals surface area contributed by atoms with Crippen molar-refractivity contribution in [3.05, 3.63) is 37.7 Å². The van der Waals surface area contributed by atoms with Gasteiger partial charge in [-0.05, 0) is 11.8 Å². The lowest BCUT2D eigenvalue weighted by atomic mass is 10.4. The predicted octanol–water partition coefficient (Wildman–Crippen LogP) is 1.77. The van der Waals surface area contributed by atoms with E-state index in [4.69, 9.17) is 17.3 Å². The first kappa shape index (κ1) is 14.7. The summed E-state index contributed by atoms with van der Waals surface area (Å²) in [5, 5.41) is 11.9. The first-order chi connectivity index (χ1) is 7.36. The van der Waals surface area contributed by atoms with E-state index in [0.717, 1.165) is 0 Å². The molecule has 6 nitrogen and oxygen atoms in total. The van der Waals surface area contributed by atoms with E-state index in [-0.39, 0.29) is 5.82 Å². The number of hydrogen-bond acceptors (Lipinski definition) is 6. The van der Waals surface area contributed by atoms with Crippen molar-refractivity contribution < 1.29 is 4.92 Å². The Bertz CT molecular complexity index is 364. The largest absolute Gasteiger partial charge is 0.374 e. The van der Waals surface area contributed by atoms with Crippen LogP contribution < -0.4 is 5.73 Å². The molecule has 16 heavy (non-hydrogen) atoms. The minimum atomic E-state index is -0.602. The van der Waals surface area contributed by atoms with Crippen LogP contribution in [-0.4, -0.2) is 28.9 Å². The van der Waals surface area contributed by atoms with Gasteiger partial charge in [-0.25, -0.2) is 4.98 Å². The number of nitrogens with two attached hydrogens (primary N) is 1. The zero-order valence-corrected chi connectivity index (χ0v) is 10.7. The summed E-state index contributed by atoms with van der Waals surface area (Å²) in [5.41, 5.74) is 5.56. The third-order valence-corrected chi connectivity index (χ3v) is 2.56. The molecule has 0 aromatic carbocycles. The molecule has 0 saturated heterocycles. The molecule has 0 atom stereocenters. The maximum absolute atomic E-state index is 10.0. The van der Waals surface area contributed by atoms with Crippen molar-refractivity contribution in [2.45, 2.75) is 6.92 Å². The fourth-order valence-electron chi connectivity index (χ4n) is 0.567. The predicted molar refractivity (Wildman–Crippen MR) is 64.7 cm³/mol. The fourth-order valence-corrected chi connectivity index (χ4v) is 1.13. The number of hydrogen-bond donors (Lipinski definition) is 1. The highest BCUT2D eigenvalue weighted by molar-refractivity contribution is 7.13. The van der Waals surface area contributed by atoms with Crippen LogP contribution in [0, 0.1) is 10.1 Å². The molecule has 0 aliphatic carbocycles. The molecule has 1 aromatic rings. The molecule has 0 aliphatic rings. The summed E-state index contributed by atoms with van der Waals surface area (Å²) in [4.78, 5) is 14.7. The van der Waals surface area contributed by atoms with E-state index in [1.807, 2.05) is 5.38 Å². The molecule has 0 aliphatic heterocycles. The molecule has 0 spiro atoms. The maximum Gasteiger partial charge on any atom is 0.332 e. The lowest BCUT2D eigenvalue weighted by molar-refractivity contribution is -0.428. The van der Waals surface area contributed by atoms with E-state index in [9.17, 15) is 10.1 Å². The number of allylic oxidation sites excluding steroid dienone is 1. The standard InChI is InChI=1S/C5H11N3O2.C3H2ClNS/c1-4(7(2)3)5(6)8(9)10;4-3-5-1-2-6-3/h6H2,1-3H3;1-2H. The molecule has 90 valence electrons. The quantitative estimate of drug-likeness (QED) is 0.650. The van der Waals surface area contributed by atoms with Crippen LogP contribution in [0.2, 0.25) is 4.47 Å². The molecular weight excluding hydrogens is 252 g/mol. The molecule has 8 heteroatoms. The second kappa shape index (κ2) is 7.02. The normalized spacial score (nSPS) is 11.0. The van der Waals surface area contributed by atoms with Gasteiger partial charge in [0.1, 0.15) is 5.70 Å². The Labute approximate surface area is 102 Å². The Balaban J connectivity index is 0.000000315. The van der Waals surface area contributed by atoms with Crippen molar-refractivity contribution in [3.63, 3.8) is 0 Å². The lowest BCUT2D eigenvalue weighted by Crippen LogP contribution is -2.19. The fraction of sp³-hybridized carbons (Fsp3) is 0.375. The Hall–Kier alpha value is -1.34. The minimum Gasteiger partial charge on any atom is -0.374 e. The monoisotopic (exact) mass is 264 g/mol. The SMILES string of the molecule is CC(=C(N)[N+](=O)[O-])N(C)C.Clc1nccs1. The molecule has 0 radical (unpaired) electrons. The molecule has 0 bridgehead atoms. The van der Waals surface area contributed by atoms with E-state index >= 15 is 0 Å². The van der Waals surface area contributed by atoms with Crippen LogP contribution in [0.5, 0.6) is 0 Å². The summed E-state index contributed by atoms with van der Waals surface area (Å²) in [6, 6.07) is 0. The van der Waals surface area contributed by atoms with Gasteiger partial charge in [0, 0.05) is 25.7 Å². The van der Waals surface area contributed by atoms with Gasteiger partial charge in [-0.1, -0.05) is 11.6 Å². The Morgan fingerprint density at radius 2 is 2.25 bits per heavy atom. The molecule has 0 saturated carbocycles. The van der Waals surface area contributed by atoms with E-state index in [1.54, 1.807) is 32.1 Å². The number of aromatic nitrogens is 1. The molecule has 0 fully saturated rings. The van der Waals surface area contributed by atoms with Gasteiger partial charge >= 0.3 is 5.82 Å². The van der Waals surface area contributed by atoms with Crippen LogP contribution in [0.1, 0.15) is 6.92 Å². The second-order valence-corrected chi connectivity index (χ2v) is 4.38. The third-order valence-electron chi connectivity index (χ3n) is 1.64. The lowest BCUT2D eigenvalue weighted by Gasteiger charge is -2.11. The average molecular weight is 265 g/mol. The van der Waals surface area contributed by atoms with Crippen molar-refractivity contribution in [1.29, 1.82) is 0 Å². The van der Waals surface area contributed by atoms with Crippen LogP contribution in [0.25, 0.3) is 0 Å². The molecule has 1 rings (SSSR count). The molecule has 0 unspecified atom stereocenters. The van der Waals surface area contributed by atoms with Gasteiger partial charge in [-0.3, -0.25) is 5.73 Å².